The van der Waals surface area contributed by atoms with Crippen LogP contribution in [0.25, 0.3) is 6.08 Å². The summed E-state index contributed by atoms with van der Waals surface area (Å²) in [6.45, 7) is 7.99. The summed E-state index contributed by atoms with van der Waals surface area (Å²) in [5.74, 6) is -0.629. The van der Waals surface area contributed by atoms with E-state index in [-0.39, 0.29) is 23.6 Å². The molecule has 2 aromatic rings. The predicted octanol–water partition coefficient (Wildman–Crippen LogP) is 5.84. The molecule has 1 aliphatic heterocycles. The molecule has 3 rings (SSSR count). The summed E-state index contributed by atoms with van der Waals surface area (Å²) in [5.41, 5.74) is 2.10. The third-order valence-corrected chi connectivity index (χ3v) is 6.37. The standard InChI is InChI=1S/C28H33N3O5S/c1-5-19-12-14-20(15-13-19)18-23-25(33)31(27(35)37-23)17-9-8-16-29-24(32)21-10-6-7-11-22(21)30-26(34)36-28(2,3)4/h6-7,10-15,18H,5,8-9,16-17H2,1-4H3,(H,29,32)(H,30,34). The van der Waals surface area contributed by atoms with Crippen molar-refractivity contribution < 1.29 is 23.9 Å². The summed E-state index contributed by atoms with van der Waals surface area (Å²) in [6.07, 6.45) is 3.17. The van der Waals surface area contributed by atoms with E-state index < -0.39 is 11.7 Å². The number of thioether (sulfide) groups is 1. The van der Waals surface area contributed by atoms with Gasteiger partial charge in [0, 0.05) is 13.1 Å². The average molecular weight is 524 g/mol. The topological polar surface area (TPSA) is 105 Å². The molecule has 2 N–H and O–H groups in total. The van der Waals surface area contributed by atoms with Gasteiger partial charge in [-0.2, -0.15) is 0 Å². The molecule has 0 atom stereocenters. The first-order valence-electron chi connectivity index (χ1n) is 12.3. The third kappa shape index (κ3) is 8.21. The van der Waals surface area contributed by atoms with Gasteiger partial charge in [-0.3, -0.25) is 24.6 Å². The van der Waals surface area contributed by atoms with Crippen molar-refractivity contribution in [2.75, 3.05) is 18.4 Å². The lowest BCUT2D eigenvalue weighted by Crippen LogP contribution is -2.31. The molecule has 0 aromatic heterocycles. The summed E-state index contributed by atoms with van der Waals surface area (Å²) < 4.78 is 5.26. The van der Waals surface area contributed by atoms with Gasteiger partial charge in [0.1, 0.15) is 5.60 Å². The number of carbonyl (C=O) groups excluding carboxylic acids is 4. The summed E-state index contributed by atoms with van der Waals surface area (Å²) in [5, 5.41) is 5.15. The highest BCUT2D eigenvalue weighted by Crippen LogP contribution is 2.32. The fraction of sp³-hybridized carbons (Fsp3) is 0.357. The highest BCUT2D eigenvalue weighted by Gasteiger charge is 2.34. The van der Waals surface area contributed by atoms with Gasteiger partial charge in [-0.15, -0.1) is 0 Å². The molecular weight excluding hydrogens is 490 g/mol. The van der Waals surface area contributed by atoms with Gasteiger partial charge in [-0.25, -0.2) is 4.79 Å². The Morgan fingerprint density at radius 3 is 2.41 bits per heavy atom. The molecule has 9 heteroatoms. The minimum atomic E-state index is -0.658. The molecule has 0 unspecified atom stereocenters. The minimum Gasteiger partial charge on any atom is -0.444 e. The van der Waals surface area contributed by atoms with Crippen molar-refractivity contribution in [3.05, 3.63) is 70.1 Å². The molecule has 37 heavy (non-hydrogen) atoms. The number of amides is 4. The minimum absolute atomic E-state index is 0.281. The Hall–Kier alpha value is -3.59. The van der Waals surface area contributed by atoms with Crippen molar-refractivity contribution in [2.45, 2.75) is 52.6 Å². The first-order valence-corrected chi connectivity index (χ1v) is 13.1. The van der Waals surface area contributed by atoms with Crippen molar-refractivity contribution in [2.24, 2.45) is 0 Å². The Morgan fingerprint density at radius 1 is 1.03 bits per heavy atom. The van der Waals surface area contributed by atoms with Crippen molar-refractivity contribution in [1.82, 2.24) is 10.2 Å². The maximum atomic E-state index is 12.7. The van der Waals surface area contributed by atoms with Crippen LogP contribution in [0.15, 0.2) is 53.4 Å². The van der Waals surface area contributed by atoms with Crippen LogP contribution in [0, 0.1) is 0 Å². The van der Waals surface area contributed by atoms with Gasteiger partial charge >= 0.3 is 6.09 Å². The average Bonchev–Trinajstić information content (AvgIpc) is 3.10. The number of rotatable bonds is 9. The Labute approximate surface area is 221 Å². The van der Waals surface area contributed by atoms with Crippen LogP contribution in [0.1, 0.15) is 62.0 Å². The number of ether oxygens (including phenoxy) is 1. The first kappa shape index (κ1) is 28.0. The fourth-order valence-corrected chi connectivity index (χ4v) is 4.45. The van der Waals surface area contributed by atoms with Gasteiger partial charge in [-0.05, 0) is 81.1 Å². The maximum Gasteiger partial charge on any atom is 0.412 e. The largest absolute Gasteiger partial charge is 0.444 e. The normalized spacial score (nSPS) is 14.7. The van der Waals surface area contributed by atoms with Crippen LogP contribution in [0.3, 0.4) is 0 Å². The monoisotopic (exact) mass is 523 g/mol. The van der Waals surface area contributed by atoms with Crippen molar-refractivity contribution in [1.29, 1.82) is 0 Å². The van der Waals surface area contributed by atoms with Crippen LogP contribution in [0.2, 0.25) is 0 Å². The molecule has 0 saturated carbocycles. The number of para-hydroxylation sites is 1. The quantitative estimate of drug-likeness (QED) is 0.316. The summed E-state index contributed by atoms with van der Waals surface area (Å²) in [6, 6.07) is 14.6. The first-order chi connectivity index (χ1) is 17.6. The van der Waals surface area contributed by atoms with Crippen LogP contribution in [-0.4, -0.2) is 46.7 Å². The maximum absolute atomic E-state index is 12.7. The van der Waals surface area contributed by atoms with Gasteiger partial charge in [-0.1, -0.05) is 43.3 Å². The number of nitrogens with one attached hydrogen (secondary N) is 2. The molecule has 1 aliphatic rings. The number of nitrogens with zero attached hydrogens (tertiary/aromatic N) is 1. The Kier molecular flexibility index (Phi) is 9.52. The Bertz CT molecular complexity index is 1190. The molecule has 4 amide bonds. The fourth-order valence-electron chi connectivity index (χ4n) is 3.59. The number of imide groups is 1. The van der Waals surface area contributed by atoms with Crippen molar-refractivity contribution in [3.8, 4) is 0 Å². The van der Waals surface area contributed by atoms with Crippen LogP contribution < -0.4 is 10.6 Å². The number of benzene rings is 2. The van der Waals surface area contributed by atoms with E-state index in [1.807, 2.05) is 24.3 Å². The van der Waals surface area contributed by atoms with E-state index in [0.29, 0.717) is 35.5 Å². The molecule has 0 radical (unpaired) electrons. The summed E-state index contributed by atoms with van der Waals surface area (Å²) >= 11 is 0.946. The molecule has 0 bridgehead atoms. The molecule has 1 saturated heterocycles. The van der Waals surface area contributed by atoms with E-state index in [1.54, 1.807) is 51.1 Å². The Balaban J connectivity index is 1.47. The van der Waals surface area contributed by atoms with Crippen molar-refractivity contribution in [3.63, 3.8) is 0 Å². The third-order valence-electron chi connectivity index (χ3n) is 5.46. The van der Waals surface area contributed by atoms with Gasteiger partial charge in [0.25, 0.3) is 17.1 Å². The second-order valence-corrected chi connectivity index (χ2v) is 10.6. The van der Waals surface area contributed by atoms with E-state index in [0.717, 1.165) is 23.7 Å². The smallest absolute Gasteiger partial charge is 0.412 e. The van der Waals surface area contributed by atoms with Crippen molar-refractivity contribution >= 4 is 46.7 Å². The van der Waals surface area contributed by atoms with E-state index >= 15 is 0 Å². The van der Waals surface area contributed by atoms with Crippen LogP contribution in [0.4, 0.5) is 15.3 Å². The zero-order chi connectivity index (χ0) is 27.0. The van der Waals surface area contributed by atoms with Gasteiger partial charge in [0.15, 0.2) is 0 Å². The SMILES string of the molecule is CCc1ccc(C=C2SC(=O)N(CCCCNC(=O)c3ccccc3NC(=O)OC(C)(C)C)C2=O)cc1. The lowest BCUT2D eigenvalue weighted by atomic mass is 10.1. The number of hydrogen-bond acceptors (Lipinski definition) is 6. The highest BCUT2D eigenvalue weighted by molar-refractivity contribution is 8.18. The molecule has 1 fully saturated rings. The summed E-state index contributed by atoms with van der Waals surface area (Å²) in [7, 11) is 0. The molecule has 2 aromatic carbocycles. The number of hydrogen-bond donors (Lipinski definition) is 2. The van der Waals surface area contributed by atoms with Gasteiger partial charge in [0.2, 0.25) is 0 Å². The molecule has 196 valence electrons. The number of unbranched alkanes of at least 4 members (excludes halogenated alkanes) is 1. The lowest BCUT2D eigenvalue weighted by Gasteiger charge is -2.20. The van der Waals surface area contributed by atoms with Gasteiger partial charge < -0.3 is 10.1 Å². The Morgan fingerprint density at radius 2 is 1.73 bits per heavy atom. The van der Waals surface area contributed by atoms with E-state index in [1.165, 1.54) is 10.5 Å². The second kappa shape index (κ2) is 12.6. The van der Waals surface area contributed by atoms with Crippen LogP contribution in [-0.2, 0) is 16.0 Å². The molecule has 0 spiro atoms. The molecule has 8 nitrogen and oxygen atoms in total. The van der Waals surface area contributed by atoms with Gasteiger partial charge in [0.05, 0.1) is 16.2 Å². The molecular formula is C28H33N3O5S. The highest BCUT2D eigenvalue weighted by atomic mass is 32.2. The van der Waals surface area contributed by atoms with E-state index in [4.69, 9.17) is 4.74 Å². The predicted molar refractivity (Wildman–Crippen MR) is 146 cm³/mol. The lowest BCUT2D eigenvalue weighted by molar-refractivity contribution is -0.122. The zero-order valence-electron chi connectivity index (χ0n) is 21.6. The number of aryl methyl sites for hydroxylation is 1. The second-order valence-electron chi connectivity index (χ2n) is 9.56. The number of anilines is 1. The molecule has 0 aliphatic carbocycles. The van der Waals surface area contributed by atoms with E-state index in [9.17, 15) is 19.2 Å². The summed E-state index contributed by atoms with van der Waals surface area (Å²) in [4.78, 5) is 51.5. The van der Waals surface area contributed by atoms with Crippen LogP contribution >= 0.6 is 11.8 Å². The van der Waals surface area contributed by atoms with E-state index in [2.05, 4.69) is 17.6 Å². The molecule has 1 heterocycles. The zero-order valence-corrected chi connectivity index (χ0v) is 22.4. The van der Waals surface area contributed by atoms with Crippen LogP contribution in [0.5, 0.6) is 0 Å². The number of carbonyl (C=O) groups is 4.